The molecule has 0 spiro atoms. The molecule has 46 heavy (non-hydrogen) atoms. The van der Waals surface area contributed by atoms with Gasteiger partial charge in [-0.25, -0.2) is 19.2 Å². The smallest absolute Gasteiger partial charge is 0.419 e. The van der Waals surface area contributed by atoms with Crippen molar-refractivity contribution in [3.63, 3.8) is 0 Å². The Morgan fingerprint density at radius 3 is 2.59 bits per heavy atom. The molecule has 1 saturated heterocycles. The summed E-state index contributed by atoms with van der Waals surface area (Å²) in [6.45, 7) is 11.4. The molecule has 8 nitrogen and oxygen atoms in total. The van der Waals surface area contributed by atoms with Crippen molar-refractivity contribution in [1.82, 2.24) is 14.9 Å². The standard InChI is InChI=1S/C34H39F4N5O3/c1-19-24(15-13-22(28(19)35)21-10-8-16-43(18-21)31(45)46-32(2,3)4)41-30-39-17-23(34(36,37)38)25(42-30)14-12-20-9-7-11-26-27(20)33(5,6)29(44)40-26/h7,9,11,13,15,17,21H,8,10,12,14,16,18H2,1-6H3,(H,40,44)(H,39,41,42). The van der Waals surface area contributed by atoms with Crippen molar-refractivity contribution < 1.29 is 31.9 Å². The van der Waals surface area contributed by atoms with Crippen LogP contribution >= 0.6 is 0 Å². The van der Waals surface area contributed by atoms with Crippen LogP contribution in [0.25, 0.3) is 0 Å². The van der Waals surface area contributed by atoms with Crippen LogP contribution in [0.2, 0.25) is 0 Å². The van der Waals surface area contributed by atoms with Gasteiger partial charge in [0.05, 0.1) is 16.7 Å². The zero-order valence-corrected chi connectivity index (χ0v) is 26.9. The van der Waals surface area contributed by atoms with Gasteiger partial charge in [-0.15, -0.1) is 0 Å². The number of rotatable bonds is 6. The fourth-order valence-corrected chi connectivity index (χ4v) is 6.20. The second-order valence-electron chi connectivity index (χ2n) is 13.5. The van der Waals surface area contributed by atoms with Gasteiger partial charge in [0.1, 0.15) is 11.4 Å². The molecule has 1 atom stereocenters. The number of nitrogens with one attached hydrogen (secondary N) is 2. The lowest BCUT2D eigenvalue weighted by molar-refractivity contribution is -0.138. The van der Waals surface area contributed by atoms with E-state index in [4.69, 9.17) is 4.74 Å². The van der Waals surface area contributed by atoms with E-state index in [2.05, 4.69) is 20.6 Å². The number of hydrogen-bond acceptors (Lipinski definition) is 6. The number of hydrogen-bond donors (Lipinski definition) is 2. The van der Waals surface area contributed by atoms with Crippen molar-refractivity contribution in [3.8, 4) is 0 Å². The Labute approximate surface area is 266 Å². The van der Waals surface area contributed by atoms with Gasteiger partial charge >= 0.3 is 12.3 Å². The average Bonchev–Trinajstić information content (AvgIpc) is 3.21. The highest BCUT2D eigenvalue weighted by atomic mass is 19.4. The number of aryl methyl sites for hydroxylation is 2. The number of anilines is 3. The van der Waals surface area contributed by atoms with E-state index >= 15 is 4.39 Å². The largest absolute Gasteiger partial charge is 0.444 e. The van der Waals surface area contributed by atoms with Crippen LogP contribution in [0.15, 0.2) is 36.5 Å². The van der Waals surface area contributed by atoms with Crippen molar-refractivity contribution in [2.75, 3.05) is 23.7 Å². The summed E-state index contributed by atoms with van der Waals surface area (Å²) in [7, 11) is 0. The molecule has 0 bridgehead atoms. The van der Waals surface area contributed by atoms with E-state index in [9.17, 15) is 22.8 Å². The minimum Gasteiger partial charge on any atom is -0.444 e. The third kappa shape index (κ3) is 6.80. The minimum absolute atomic E-state index is 0.0606. The molecule has 2 aromatic carbocycles. The predicted octanol–water partition coefficient (Wildman–Crippen LogP) is 7.82. The predicted molar refractivity (Wildman–Crippen MR) is 167 cm³/mol. The van der Waals surface area contributed by atoms with Gasteiger partial charge < -0.3 is 20.3 Å². The number of carbonyl (C=O) groups is 2. The first kappa shape index (κ1) is 33.2. The molecule has 1 fully saturated rings. The Bertz CT molecular complexity index is 1670. The van der Waals surface area contributed by atoms with Crippen molar-refractivity contribution >= 4 is 29.3 Å². The number of amides is 2. The molecule has 1 aromatic heterocycles. The fourth-order valence-electron chi connectivity index (χ4n) is 6.20. The third-order valence-electron chi connectivity index (χ3n) is 8.57. The summed E-state index contributed by atoms with van der Waals surface area (Å²) < 4.78 is 63.2. The van der Waals surface area contributed by atoms with E-state index < -0.39 is 34.7 Å². The van der Waals surface area contributed by atoms with Crippen LogP contribution in [0.1, 0.15) is 86.9 Å². The third-order valence-corrected chi connectivity index (χ3v) is 8.57. The molecule has 2 N–H and O–H groups in total. The summed E-state index contributed by atoms with van der Waals surface area (Å²) >= 11 is 0. The first-order valence-electron chi connectivity index (χ1n) is 15.4. The molecule has 2 aliphatic rings. The van der Waals surface area contributed by atoms with Gasteiger partial charge in [-0.1, -0.05) is 18.2 Å². The maximum Gasteiger partial charge on any atom is 0.419 e. The Morgan fingerprint density at radius 1 is 1.15 bits per heavy atom. The van der Waals surface area contributed by atoms with Gasteiger partial charge in [0.2, 0.25) is 11.9 Å². The quantitative estimate of drug-likeness (QED) is 0.267. The number of nitrogens with zero attached hydrogens (tertiary/aromatic N) is 3. The van der Waals surface area contributed by atoms with Crippen LogP contribution in [-0.4, -0.2) is 45.6 Å². The minimum atomic E-state index is -4.68. The number of fused-ring (bicyclic) bond motifs is 1. The lowest BCUT2D eigenvalue weighted by Crippen LogP contribution is -2.42. The number of carbonyl (C=O) groups excluding carboxylic acids is 2. The topological polar surface area (TPSA) is 96.5 Å². The monoisotopic (exact) mass is 641 g/mol. The van der Waals surface area contributed by atoms with Gasteiger partial charge in [0.15, 0.2) is 0 Å². The normalized spacial score (nSPS) is 17.8. The van der Waals surface area contributed by atoms with Crippen molar-refractivity contribution in [2.45, 2.75) is 90.3 Å². The Kier molecular flexibility index (Phi) is 8.78. The van der Waals surface area contributed by atoms with Gasteiger partial charge in [-0.3, -0.25) is 4.79 Å². The number of alkyl halides is 3. The maximum absolute atomic E-state index is 15.8. The fraction of sp³-hybridized carbons (Fsp3) is 0.471. The number of halogens is 4. The molecule has 1 unspecified atom stereocenters. The molecule has 0 radical (unpaired) electrons. The zero-order valence-electron chi connectivity index (χ0n) is 26.9. The van der Waals surface area contributed by atoms with Crippen LogP contribution in [0.3, 0.4) is 0 Å². The van der Waals surface area contributed by atoms with E-state index in [0.717, 1.165) is 17.3 Å². The number of ether oxygens (including phenoxy) is 1. The summed E-state index contributed by atoms with van der Waals surface area (Å²) in [6, 6.07) is 8.63. The molecule has 2 amide bonds. The van der Waals surface area contributed by atoms with E-state index in [1.807, 2.05) is 0 Å². The van der Waals surface area contributed by atoms with E-state index in [0.29, 0.717) is 42.9 Å². The highest BCUT2D eigenvalue weighted by Gasteiger charge is 2.40. The number of likely N-dealkylation sites (tertiary alicyclic amines) is 1. The molecule has 0 saturated carbocycles. The van der Waals surface area contributed by atoms with Crippen LogP contribution in [0, 0.1) is 12.7 Å². The number of piperidine rings is 1. The Morgan fingerprint density at radius 2 is 1.89 bits per heavy atom. The first-order valence-corrected chi connectivity index (χ1v) is 15.4. The Balaban J connectivity index is 1.36. The molecule has 2 aliphatic heterocycles. The molecular formula is C34H39F4N5O3. The Hall–Kier alpha value is -4.22. The average molecular weight is 642 g/mol. The van der Waals surface area contributed by atoms with Crippen LogP contribution in [-0.2, 0) is 34.0 Å². The lowest BCUT2D eigenvalue weighted by atomic mass is 9.82. The zero-order chi connectivity index (χ0) is 33.6. The SMILES string of the molecule is Cc1c(Nc2ncc(C(F)(F)F)c(CCc3cccc4c3C(C)(C)C(=O)N4)n2)ccc(C2CCCN(C(=O)OC(C)(C)C)C2)c1F. The maximum atomic E-state index is 15.8. The summed E-state index contributed by atoms with van der Waals surface area (Å²) in [5.74, 6) is -0.964. The second-order valence-corrected chi connectivity index (χ2v) is 13.5. The van der Waals surface area contributed by atoms with Crippen molar-refractivity contribution in [3.05, 3.63) is 75.9 Å². The lowest BCUT2D eigenvalue weighted by Gasteiger charge is -2.34. The van der Waals surface area contributed by atoms with Gasteiger partial charge in [0.25, 0.3) is 0 Å². The second kappa shape index (κ2) is 12.2. The molecule has 0 aliphatic carbocycles. The number of aromatic nitrogens is 2. The van der Waals surface area contributed by atoms with Gasteiger partial charge in [0, 0.05) is 42.1 Å². The molecule has 3 heterocycles. The highest BCUT2D eigenvalue weighted by Crippen LogP contribution is 2.41. The molecule has 5 rings (SSSR count). The van der Waals surface area contributed by atoms with Crippen LogP contribution in [0.4, 0.5) is 39.7 Å². The summed E-state index contributed by atoms with van der Waals surface area (Å²) in [5.41, 5.74) is 0.572. The van der Waals surface area contributed by atoms with Gasteiger partial charge in [-0.2, -0.15) is 13.2 Å². The van der Waals surface area contributed by atoms with Gasteiger partial charge in [-0.05, 0) is 96.0 Å². The summed E-state index contributed by atoms with van der Waals surface area (Å²) in [5, 5.41) is 5.74. The number of benzene rings is 2. The molecular weight excluding hydrogens is 602 g/mol. The van der Waals surface area contributed by atoms with Crippen LogP contribution in [0.5, 0.6) is 0 Å². The van der Waals surface area contributed by atoms with E-state index in [1.165, 1.54) is 0 Å². The van der Waals surface area contributed by atoms with Crippen molar-refractivity contribution in [1.29, 1.82) is 0 Å². The molecule has 246 valence electrons. The van der Waals surface area contributed by atoms with Crippen LogP contribution < -0.4 is 10.6 Å². The molecule has 12 heteroatoms. The highest BCUT2D eigenvalue weighted by molar-refractivity contribution is 6.06. The van der Waals surface area contributed by atoms with E-state index in [-0.39, 0.29) is 41.9 Å². The van der Waals surface area contributed by atoms with Crippen molar-refractivity contribution in [2.24, 2.45) is 0 Å². The van der Waals surface area contributed by atoms with E-state index in [1.54, 1.807) is 76.8 Å². The first-order chi connectivity index (χ1) is 21.5. The molecule has 3 aromatic rings. The summed E-state index contributed by atoms with van der Waals surface area (Å²) in [6.07, 6.45) is -2.84. The summed E-state index contributed by atoms with van der Waals surface area (Å²) in [4.78, 5) is 34.9.